The van der Waals surface area contributed by atoms with E-state index in [0.29, 0.717) is 16.8 Å². The molecule has 0 saturated carbocycles. The summed E-state index contributed by atoms with van der Waals surface area (Å²) in [6.45, 7) is 7.56. The van der Waals surface area contributed by atoms with Gasteiger partial charge in [0.1, 0.15) is 0 Å². The van der Waals surface area contributed by atoms with E-state index in [4.69, 9.17) is 9.47 Å². The molecule has 0 saturated heterocycles. The molecule has 2 rings (SSSR count). The Kier molecular flexibility index (Phi) is 6.40. The second-order valence-corrected chi connectivity index (χ2v) is 6.25. The minimum atomic E-state index is -0.582. The number of nitro groups is 1. The van der Waals surface area contributed by atoms with Crippen LogP contribution in [0.5, 0.6) is 5.75 Å². The zero-order chi connectivity index (χ0) is 21.0. The molecule has 1 heterocycles. The molecule has 0 aliphatic carbocycles. The van der Waals surface area contributed by atoms with Crippen molar-refractivity contribution in [1.29, 1.82) is 0 Å². The number of benzene rings is 1. The average molecular weight is 389 g/mol. The predicted molar refractivity (Wildman–Crippen MR) is 103 cm³/mol. The zero-order valence-corrected chi connectivity index (χ0v) is 16.5. The van der Waals surface area contributed by atoms with E-state index in [-0.39, 0.29) is 11.4 Å². The highest BCUT2D eigenvalue weighted by atomic mass is 16.6. The summed E-state index contributed by atoms with van der Waals surface area (Å²) in [7, 11) is 1.30. The lowest BCUT2D eigenvalue weighted by Gasteiger charge is -2.11. The van der Waals surface area contributed by atoms with Gasteiger partial charge in [0.25, 0.3) is 5.91 Å². The summed E-state index contributed by atoms with van der Waals surface area (Å²) in [5.74, 6) is -1.12. The van der Waals surface area contributed by atoms with Crippen molar-refractivity contribution in [1.82, 2.24) is 4.57 Å². The molecule has 0 spiro atoms. The Morgan fingerprint density at radius 2 is 1.89 bits per heavy atom. The van der Waals surface area contributed by atoms with E-state index in [9.17, 15) is 19.7 Å². The van der Waals surface area contributed by atoms with E-state index in [1.165, 1.54) is 19.2 Å². The van der Waals surface area contributed by atoms with Crippen LogP contribution in [0.3, 0.4) is 0 Å². The van der Waals surface area contributed by atoms with Gasteiger partial charge in [0.2, 0.25) is 0 Å². The largest absolute Gasteiger partial charge is 0.490 e. The first-order valence-corrected chi connectivity index (χ1v) is 8.66. The number of aromatic nitrogens is 1. The third-order valence-electron chi connectivity index (χ3n) is 4.44. The van der Waals surface area contributed by atoms with Gasteiger partial charge in [-0.05, 0) is 39.3 Å². The van der Waals surface area contributed by atoms with Crippen LogP contribution in [0.4, 0.5) is 11.4 Å². The van der Waals surface area contributed by atoms with Gasteiger partial charge < -0.3 is 19.4 Å². The Balaban J connectivity index is 2.07. The maximum absolute atomic E-state index is 12.3. The molecule has 1 amide bonds. The average Bonchev–Trinajstić information content (AvgIpc) is 2.94. The summed E-state index contributed by atoms with van der Waals surface area (Å²) in [5, 5.41) is 13.6. The highest BCUT2D eigenvalue weighted by molar-refractivity contribution is 5.96. The fourth-order valence-electron chi connectivity index (χ4n) is 3.00. The van der Waals surface area contributed by atoms with Crippen molar-refractivity contribution in [3.8, 4) is 5.75 Å². The smallest absolute Gasteiger partial charge is 0.340 e. The van der Waals surface area contributed by atoms with Crippen LogP contribution in [0, 0.1) is 30.9 Å². The van der Waals surface area contributed by atoms with Crippen molar-refractivity contribution < 1.29 is 24.0 Å². The molecule has 1 aromatic heterocycles. The minimum absolute atomic E-state index is 0.0231. The highest BCUT2D eigenvalue weighted by Gasteiger charge is 2.20. The molecule has 2 aromatic rings. The second-order valence-electron chi connectivity index (χ2n) is 6.25. The number of hydrogen-bond acceptors (Lipinski definition) is 6. The highest BCUT2D eigenvalue weighted by Crippen LogP contribution is 2.32. The Morgan fingerprint density at radius 1 is 1.21 bits per heavy atom. The van der Waals surface area contributed by atoms with Gasteiger partial charge in [0.05, 0.1) is 17.6 Å². The zero-order valence-electron chi connectivity index (χ0n) is 16.5. The molecule has 9 nitrogen and oxygen atoms in total. The van der Waals surface area contributed by atoms with E-state index in [2.05, 4.69) is 5.32 Å². The molecular formula is C19H23N3O6. The molecule has 9 heteroatoms. The molecule has 0 aliphatic rings. The number of hydrogen-bond donors (Lipinski definition) is 1. The molecule has 1 N–H and O–H groups in total. The second kappa shape index (κ2) is 8.55. The number of esters is 1. The summed E-state index contributed by atoms with van der Waals surface area (Å²) >= 11 is 0. The van der Waals surface area contributed by atoms with Gasteiger partial charge in [-0.15, -0.1) is 0 Å². The quantitative estimate of drug-likeness (QED) is 0.442. The van der Waals surface area contributed by atoms with Crippen molar-refractivity contribution in [2.75, 3.05) is 19.0 Å². The van der Waals surface area contributed by atoms with E-state index in [1.54, 1.807) is 13.0 Å². The molecule has 0 fully saturated rings. The summed E-state index contributed by atoms with van der Waals surface area (Å²) in [6, 6.07) is 4.40. The number of methoxy groups -OCH3 is 1. The number of nitro benzene ring substituents is 1. The number of nitrogens with zero attached hydrogens (tertiary/aromatic N) is 2. The fraction of sp³-hybridized carbons (Fsp3) is 0.368. The van der Waals surface area contributed by atoms with E-state index in [0.717, 1.165) is 17.9 Å². The Bertz CT molecular complexity index is 932. The standard InChI is InChI=1S/C19H23N3O6/c1-6-21-12(3)8-14(13(21)4)19(24)28-10-18(23)20-15-9-17(27-5)16(22(25)26)7-11(15)2/h7-9H,6,10H2,1-5H3,(H,20,23). The van der Waals surface area contributed by atoms with Gasteiger partial charge >= 0.3 is 11.7 Å². The van der Waals surface area contributed by atoms with Gasteiger partial charge in [-0.1, -0.05) is 0 Å². The SMILES string of the molecule is CCn1c(C)cc(C(=O)OCC(=O)Nc2cc(OC)c([N+](=O)[O-])cc2C)c1C. The number of rotatable bonds is 7. The first-order chi connectivity index (χ1) is 13.2. The molecule has 0 atom stereocenters. The molecule has 0 bridgehead atoms. The van der Waals surface area contributed by atoms with Gasteiger partial charge in [-0.2, -0.15) is 0 Å². The predicted octanol–water partition coefficient (Wildman–Crippen LogP) is 3.15. The van der Waals surface area contributed by atoms with Crippen molar-refractivity contribution in [2.45, 2.75) is 34.2 Å². The Hall–Kier alpha value is -3.36. The molecule has 150 valence electrons. The topological polar surface area (TPSA) is 113 Å². The van der Waals surface area contributed by atoms with E-state index < -0.39 is 23.4 Å². The number of nitrogens with one attached hydrogen (secondary N) is 1. The summed E-state index contributed by atoms with van der Waals surface area (Å²) in [6.07, 6.45) is 0. The van der Waals surface area contributed by atoms with Crippen molar-refractivity contribution in [3.63, 3.8) is 0 Å². The van der Waals surface area contributed by atoms with Gasteiger partial charge in [-0.3, -0.25) is 14.9 Å². The van der Waals surface area contributed by atoms with Gasteiger partial charge in [0, 0.05) is 35.8 Å². The lowest BCUT2D eigenvalue weighted by molar-refractivity contribution is -0.385. The minimum Gasteiger partial charge on any atom is -0.490 e. The molecule has 0 aliphatic heterocycles. The number of ether oxygens (including phenoxy) is 2. The van der Waals surface area contributed by atoms with Gasteiger partial charge in [0.15, 0.2) is 12.4 Å². The van der Waals surface area contributed by atoms with Crippen molar-refractivity contribution in [3.05, 3.63) is 50.8 Å². The van der Waals surface area contributed by atoms with E-state index >= 15 is 0 Å². The lowest BCUT2D eigenvalue weighted by atomic mass is 10.1. The van der Waals surface area contributed by atoms with Crippen LogP contribution < -0.4 is 10.1 Å². The molecule has 1 aromatic carbocycles. The van der Waals surface area contributed by atoms with Crippen LogP contribution in [0.2, 0.25) is 0 Å². The monoisotopic (exact) mass is 389 g/mol. The maximum atomic E-state index is 12.3. The number of amides is 1. The molecule has 0 radical (unpaired) electrons. The number of carbonyl (C=O) groups is 2. The summed E-state index contributed by atoms with van der Waals surface area (Å²) < 4.78 is 12.1. The van der Waals surface area contributed by atoms with Crippen LogP contribution in [0.15, 0.2) is 18.2 Å². The third-order valence-corrected chi connectivity index (χ3v) is 4.44. The maximum Gasteiger partial charge on any atom is 0.340 e. The van der Waals surface area contributed by atoms with Crippen molar-refractivity contribution in [2.24, 2.45) is 0 Å². The number of aryl methyl sites for hydroxylation is 2. The third kappa shape index (κ3) is 4.30. The van der Waals surface area contributed by atoms with Gasteiger partial charge in [-0.25, -0.2) is 4.79 Å². The number of carbonyl (C=O) groups excluding carboxylic acids is 2. The summed E-state index contributed by atoms with van der Waals surface area (Å²) in [4.78, 5) is 34.9. The lowest BCUT2D eigenvalue weighted by Crippen LogP contribution is -2.21. The number of anilines is 1. The van der Waals surface area contributed by atoms with Crippen LogP contribution in [-0.2, 0) is 16.1 Å². The van der Waals surface area contributed by atoms with Crippen LogP contribution >= 0.6 is 0 Å². The van der Waals surface area contributed by atoms with Crippen LogP contribution in [0.25, 0.3) is 0 Å². The summed E-state index contributed by atoms with van der Waals surface area (Å²) in [5.41, 5.74) is 2.76. The van der Waals surface area contributed by atoms with E-state index in [1.807, 2.05) is 25.3 Å². The van der Waals surface area contributed by atoms with Crippen molar-refractivity contribution >= 4 is 23.3 Å². The van der Waals surface area contributed by atoms with Crippen LogP contribution in [-0.4, -0.2) is 35.1 Å². The first-order valence-electron chi connectivity index (χ1n) is 8.66. The molecule has 0 unspecified atom stereocenters. The Morgan fingerprint density at radius 3 is 2.43 bits per heavy atom. The normalized spacial score (nSPS) is 10.5. The fourth-order valence-corrected chi connectivity index (χ4v) is 3.00. The Labute approximate surface area is 162 Å². The molecular weight excluding hydrogens is 366 g/mol. The molecule has 28 heavy (non-hydrogen) atoms. The first kappa shape index (κ1) is 20.9. The van der Waals surface area contributed by atoms with Crippen LogP contribution in [0.1, 0.15) is 34.2 Å².